The Balaban J connectivity index is 2.01. The first-order chi connectivity index (χ1) is 9.74. The molecule has 108 valence electrons. The van der Waals surface area contributed by atoms with Gasteiger partial charge in [0.15, 0.2) is 0 Å². The second-order valence-electron chi connectivity index (χ2n) is 4.37. The average Bonchev–Trinajstić information content (AvgIpc) is 2.95. The first kappa shape index (κ1) is 15.0. The van der Waals surface area contributed by atoms with Crippen molar-refractivity contribution in [3.8, 4) is 11.8 Å². The molecule has 1 saturated heterocycles. The molecule has 0 spiro atoms. The number of hydrogen-bond acceptors (Lipinski definition) is 5. The first-order valence-electron chi connectivity index (χ1n) is 6.46. The van der Waals surface area contributed by atoms with Gasteiger partial charge in [0.05, 0.1) is 35.7 Å². The van der Waals surface area contributed by atoms with Crippen LogP contribution in [0.3, 0.4) is 0 Å². The van der Waals surface area contributed by atoms with E-state index in [9.17, 15) is 4.79 Å². The van der Waals surface area contributed by atoms with Gasteiger partial charge in [-0.05, 0) is 12.1 Å². The van der Waals surface area contributed by atoms with Crippen LogP contribution in [0.15, 0.2) is 12.1 Å². The summed E-state index contributed by atoms with van der Waals surface area (Å²) in [6, 6.07) is 3.58. The van der Waals surface area contributed by atoms with Crippen LogP contribution in [-0.2, 0) is 4.74 Å². The summed E-state index contributed by atoms with van der Waals surface area (Å²) >= 11 is 1.34. The minimum Gasteiger partial charge on any atom is -0.395 e. The van der Waals surface area contributed by atoms with Gasteiger partial charge in [-0.25, -0.2) is 0 Å². The van der Waals surface area contributed by atoms with Crippen molar-refractivity contribution in [3.05, 3.63) is 21.9 Å². The Kier molecular flexibility index (Phi) is 5.56. The molecule has 2 N–H and O–H groups in total. The van der Waals surface area contributed by atoms with Crippen molar-refractivity contribution in [3.63, 3.8) is 0 Å². The highest BCUT2D eigenvalue weighted by Crippen LogP contribution is 2.19. The van der Waals surface area contributed by atoms with Crippen LogP contribution in [0.1, 0.15) is 21.0 Å². The molecule has 2 rings (SSSR count). The average molecular weight is 295 g/mol. The van der Waals surface area contributed by atoms with E-state index in [1.54, 1.807) is 11.0 Å². The van der Waals surface area contributed by atoms with Crippen LogP contribution in [0.4, 0.5) is 0 Å². The standard InChI is InChI=1S/C14H17NO4S/c16-7-2-1-3-12-4-5-13(20-12)14(18)15-6-8-19-11(9-15)10-17/h4-5,11,16-17H,2,6-10H2. The molecule has 1 fully saturated rings. The molecule has 0 radical (unpaired) electrons. The Labute approximate surface area is 121 Å². The van der Waals surface area contributed by atoms with Crippen molar-refractivity contribution in [2.75, 3.05) is 32.9 Å². The van der Waals surface area contributed by atoms with Crippen molar-refractivity contribution in [1.29, 1.82) is 0 Å². The van der Waals surface area contributed by atoms with E-state index in [2.05, 4.69) is 11.8 Å². The molecule has 1 unspecified atom stereocenters. The number of aliphatic hydroxyl groups excluding tert-OH is 2. The number of morpholine rings is 1. The molecule has 6 heteroatoms. The molecule has 1 aliphatic heterocycles. The first-order valence-corrected chi connectivity index (χ1v) is 7.27. The third kappa shape index (κ3) is 3.81. The van der Waals surface area contributed by atoms with Crippen molar-refractivity contribution in [1.82, 2.24) is 4.90 Å². The molecule has 0 aromatic carbocycles. The third-order valence-electron chi connectivity index (χ3n) is 2.89. The number of carbonyl (C=O) groups excluding carboxylic acids is 1. The van der Waals surface area contributed by atoms with Gasteiger partial charge in [0.2, 0.25) is 0 Å². The van der Waals surface area contributed by atoms with Gasteiger partial charge >= 0.3 is 0 Å². The van der Waals surface area contributed by atoms with Gasteiger partial charge in [0, 0.05) is 19.5 Å². The van der Waals surface area contributed by atoms with E-state index in [1.165, 1.54) is 11.3 Å². The maximum atomic E-state index is 12.3. The normalized spacial score (nSPS) is 18.5. The fraction of sp³-hybridized carbons (Fsp3) is 0.500. The van der Waals surface area contributed by atoms with Gasteiger partial charge < -0.3 is 19.8 Å². The molecule has 0 aliphatic carbocycles. The molecule has 1 aliphatic rings. The molecule has 2 heterocycles. The summed E-state index contributed by atoms with van der Waals surface area (Å²) in [7, 11) is 0. The highest BCUT2D eigenvalue weighted by Gasteiger charge is 2.25. The summed E-state index contributed by atoms with van der Waals surface area (Å²) in [5.41, 5.74) is 0. The van der Waals surface area contributed by atoms with Crippen LogP contribution in [0.5, 0.6) is 0 Å². The molecule has 0 bridgehead atoms. The summed E-state index contributed by atoms with van der Waals surface area (Å²) in [6.07, 6.45) is 0.138. The lowest BCUT2D eigenvalue weighted by molar-refractivity contribution is -0.0446. The van der Waals surface area contributed by atoms with E-state index in [-0.39, 0.29) is 25.2 Å². The Morgan fingerprint density at radius 2 is 2.35 bits per heavy atom. The van der Waals surface area contributed by atoms with Crippen LogP contribution in [-0.4, -0.2) is 60.0 Å². The van der Waals surface area contributed by atoms with Crippen molar-refractivity contribution in [2.24, 2.45) is 0 Å². The Bertz CT molecular complexity index is 517. The molecule has 1 amide bonds. The minimum absolute atomic E-state index is 0.0422. The predicted octanol–water partition coefficient (Wildman–Crippen LogP) is 0.315. The molecule has 1 atom stereocenters. The van der Waals surface area contributed by atoms with Gasteiger partial charge in [-0.1, -0.05) is 11.8 Å². The van der Waals surface area contributed by atoms with Crippen LogP contribution < -0.4 is 0 Å². The van der Waals surface area contributed by atoms with Gasteiger partial charge in [0.1, 0.15) is 0 Å². The lowest BCUT2D eigenvalue weighted by Gasteiger charge is -2.31. The van der Waals surface area contributed by atoms with Gasteiger partial charge in [-0.3, -0.25) is 4.79 Å². The zero-order valence-electron chi connectivity index (χ0n) is 11.0. The molecule has 20 heavy (non-hydrogen) atoms. The van der Waals surface area contributed by atoms with E-state index >= 15 is 0 Å². The number of ether oxygens (including phenoxy) is 1. The number of aliphatic hydroxyl groups is 2. The van der Waals surface area contributed by atoms with Crippen LogP contribution >= 0.6 is 11.3 Å². The zero-order chi connectivity index (χ0) is 14.4. The molecule has 0 saturated carbocycles. The van der Waals surface area contributed by atoms with Crippen molar-refractivity contribution in [2.45, 2.75) is 12.5 Å². The highest BCUT2D eigenvalue weighted by molar-refractivity contribution is 7.14. The Morgan fingerprint density at radius 3 is 3.10 bits per heavy atom. The van der Waals surface area contributed by atoms with Crippen LogP contribution in [0.2, 0.25) is 0 Å². The zero-order valence-corrected chi connectivity index (χ0v) is 11.9. The van der Waals surface area contributed by atoms with Gasteiger partial charge in [0.25, 0.3) is 5.91 Å². The molecule has 1 aromatic heterocycles. The lowest BCUT2D eigenvalue weighted by Crippen LogP contribution is -2.46. The van der Waals surface area contributed by atoms with Gasteiger partial charge in [-0.2, -0.15) is 0 Å². The van der Waals surface area contributed by atoms with Crippen LogP contribution in [0.25, 0.3) is 0 Å². The largest absolute Gasteiger partial charge is 0.395 e. The fourth-order valence-electron chi connectivity index (χ4n) is 1.90. The third-order valence-corrected chi connectivity index (χ3v) is 3.88. The second-order valence-corrected chi connectivity index (χ2v) is 5.45. The number of carbonyl (C=O) groups is 1. The summed E-state index contributed by atoms with van der Waals surface area (Å²) in [5.74, 6) is 5.70. The number of nitrogens with zero attached hydrogens (tertiary/aromatic N) is 1. The maximum Gasteiger partial charge on any atom is 0.264 e. The molecular weight excluding hydrogens is 278 g/mol. The summed E-state index contributed by atoms with van der Waals surface area (Å²) in [6.45, 7) is 1.37. The molecular formula is C14H17NO4S. The van der Waals surface area contributed by atoms with Gasteiger partial charge in [-0.15, -0.1) is 11.3 Å². The molecule has 1 aromatic rings. The number of rotatable bonds is 3. The SMILES string of the molecule is O=C(c1ccc(C#CCCO)s1)N1CCOC(CO)C1. The molecule has 5 nitrogen and oxygen atoms in total. The summed E-state index contributed by atoms with van der Waals surface area (Å²) < 4.78 is 5.33. The fourth-order valence-corrected chi connectivity index (χ4v) is 2.74. The van der Waals surface area contributed by atoms with Crippen molar-refractivity contribution >= 4 is 17.2 Å². The van der Waals surface area contributed by atoms with Crippen molar-refractivity contribution < 1.29 is 19.7 Å². The number of amides is 1. The highest BCUT2D eigenvalue weighted by atomic mass is 32.1. The predicted molar refractivity (Wildman–Crippen MR) is 75.6 cm³/mol. The topological polar surface area (TPSA) is 70.0 Å². The van der Waals surface area contributed by atoms with Crippen LogP contribution in [0, 0.1) is 11.8 Å². The van der Waals surface area contributed by atoms with E-state index in [0.29, 0.717) is 31.0 Å². The number of hydrogen-bond donors (Lipinski definition) is 2. The summed E-state index contributed by atoms with van der Waals surface area (Å²) in [5, 5.41) is 17.8. The smallest absolute Gasteiger partial charge is 0.264 e. The maximum absolute atomic E-state index is 12.3. The number of thiophene rings is 1. The monoisotopic (exact) mass is 295 g/mol. The lowest BCUT2D eigenvalue weighted by atomic mass is 10.2. The Hall–Kier alpha value is -1.39. The quantitative estimate of drug-likeness (QED) is 0.788. The van der Waals surface area contributed by atoms with E-state index in [4.69, 9.17) is 14.9 Å². The van der Waals surface area contributed by atoms with E-state index < -0.39 is 0 Å². The van der Waals surface area contributed by atoms with E-state index in [0.717, 1.165) is 4.88 Å². The minimum atomic E-state index is -0.295. The second kappa shape index (κ2) is 7.41. The Morgan fingerprint density at radius 1 is 1.50 bits per heavy atom. The van der Waals surface area contributed by atoms with E-state index in [1.807, 2.05) is 6.07 Å². The summed E-state index contributed by atoms with van der Waals surface area (Å²) in [4.78, 5) is 15.5.